The summed E-state index contributed by atoms with van der Waals surface area (Å²) in [5.41, 5.74) is 1.36. The van der Waals surface area contributed by atoms with Crippen molar-refractivity contribution in [3.8, 4) is 0 Å². The van der Waals surface area contributed by atoms with Crippen LogP contribution in [0.5, 0.6) is 0 Å². The molecule has 82 valence electrons. The molecule has 1 heterocycles. The van der Waals surface area contributed by atoms with Crippen molar-refractivity contribution >= 4 is 5.69 Å². The maximum atomic E-state index is 3.59. The summed E-state index contributed by atoms with van der Waals surface area (Å²) in [6, 6.07) is 11.4. The van der Waals surface area contributed by atoms with E-state index in [1.165, 1.54) is 25.1 Å². The molecule has 2 heteroatoms. The fourth-order valence-electron chi connectivity index (χ4n) is 2.14. The number of anilines is 1. The molecular formula is C13H20N2. The summed E-state index contributed by atoms with van der Waals surface area (Å²) < 4.78 is 0. The molecule has 0 amide bonds. The van der Waals surface area contributed by atoms with E-state index in [9.17, 15) is 0 Å². The summed E-state index contributed by atoms with van der Waals surface area (Å²) in [6.45, 7) is 5.72. The summed E-state index contributed by atoms with van der Waals surface area (Å²) in [5.74, 6) is 0. The minimum Gasteiger partial charge on any atom is -0.370 e. The van der Waals surface area contributed by atoms with Gasteiger partial charge in [-0.3, -0.25) is 0 Å². The van der Waals surface area contributed by atoms with E-state index in [-0.39, 0.29) is 0 Å². The van der Waals surface area contributed by atoms with Crippen molar-refractivity contribution in [1.29, 1.82) is 0 Å². The van der Waals surface area contributed by atoms with Crippen LogP contribution >= 0.6 is 0 Å². The monoisotopic (exact) mass is 204 g/mol. The second-order valence-electron chi connectivity index (χ2n) is 4.19. The van der Waals surface area contributed by atoms with Crippen LogP contribution in [0, 0.1) is 0 Å². The molecule has 15 heavy (non-hydrogen) atoms. The smallest absolute Gasteiger partial charge is 0.0366 e. The molecule has 0 aliphatic carbocycles. The number of hydrogen-bond donors (Lipinski definition) is 1. The van der Waals surface area contributed by atoms with Gasteiger partial charge in [-0.15, -0.1) is 0 Å². The molecule has 0 aromatic heterocycles. The van der Waals surface area contributed by atoms with Gasteiger partial charge in [0.2, 0.25) is 0 Å². The van der Waals surface area contributed by atoms with Crippen LogP contribution in [0.1, 0.15) is 19.8 Å². The van der Waals surface area contributed by atoms with E-state index < -0.39 is 0 Å². The standard InChI is InChI=1S/C13H20N2/c1-2-12-11-15(10-6-9-14-12)13-7-4-3-5-8-13/h3-5,7-8,12,14H,2,6,9-11H2,1H3. The van der Waals surface area contributed by atoms with Gasteiger partial charge in [0.05, 0.1) is 0 Å². The highest BCUT2D eigenvalue weighted by Crippen LogP contribution is 2.16. The van der Waals surface area contributed by atoms with Gasteiger partial charge in [-0.25, -0.2) is 0 Å². The Morgan fingerprint density at radius 3 is 2.87 bits per heavy atom. The average molecular weight is 204 g/mol. The van der Waals surface area contributed by atoms with E-state index >= 15 is 0 Å². The number of benzene rings is 1. The molecule has 0 spiro atoms. The minimum atomic E-state index is 0.646. The molecule has 1 fully saturated rings. The van der Waals surface area contributed by atoms with Gasteiger partial charge in [-0.2, -0.15) is 0 Å². The molecule has 2 rings (SSSR count). The predicted octanol–water partition coefficient (Wildman–Crippen LogP) is 2.26. The van der Waals surface area contributed by atoms with Gasteiger partial charge in [0.15, 0.2) is 0 Å². The van der Waals surface area contributed by atoms with Crippen molar-refractivity contribution in [2.24, 2.45) is 0 Å². The topological polar surface area (TPSA) is 15.3 Å². The molecule has 1 N–H and O–H groups in total. The highest BCUT2D eigenvalue weighted by molar-refractivity contribution is 5.46. The Morgan fingerprint density at radius 1 is 1.33 bits per heavy atom. The molecule has 1 aliphatic heterocycles. The average Bonchev–Trinajstić information content (AvgIpc) is 2.55. The Kier molecular flexibility index (Phi) is 3.62. The van der Waals surface area contributed by atoms with Crippen molar-refractivity contribution in [2.75, 3.05) is 24.5 Å². The summed E-state index contributed by atoms with van der Waals surface area (Å²) in [7, 11) is 0. The van der Waals surface area contributed by atoms with Gasteiger partial charge < -0.3 is 10.2 Å². The van der Waals surface area contributed by atoms with Crippen LogP contribution in [0.3, 0.4) is 0 Å². The third kappa shape index (κ3) is 2.72. The van der Waals surface area contributed by atoms with E-state index in [0.717, 1.165) is 13.1 Å². The Morgan fingerprint density at radius 2 is 2.13 bits per heavy atom. The highest BCUT2D eigenvalue weighted by Gasteiger charge is 2.15. The lowest BCUT2D eigenvalue weighted by Crippen LogP contribution is -2.37. The number of hydrogen-bond acceptors (Lipinski definition) is 2. The fraction of sp³-hybridized carbons (Fsp3) is 0.538. The van der Waals surface area contributed by atoms with Crippen molar-refractivity contribution in [3.05, 3.63) is 30.3 Å². The van der Waals surface area contributed by atoms with Crippen molar-refractivity contribution in [3.63, 3.8) is 0 Å². The lowest BCUT2D eigenvalue weighted by molar-refractivity contribution is 0.528. The molecule has 1 unspecified atom stereocenters. The van der Waals surface area contributed by atoms with E-state index in [1.807, 2.05) is 0 Å². The zero-order valence-corrected chi connectivity index (χ0v) is 9.45. The van der Waals surface area contributed by atoms with Crippen LogP contribution in [0.15, 0.2) is 30.3 Å². The predicted molar refractivity (Wildman–Crippen MR) is 65.4 cm³/mol. The lowest BCUT2D eigenvalue weighted by atomic mass is 10.2. The second kappa shape index (κ2) is 5.17. The van der Waals surface area contributed by atoms with Crippen LogP contribution in [0.4, 0.5) is 5.69 Å². The van der Waals surface area contributed by atoms with Crippen molar-refractivity contribution in [2.45, 2.75) is 25.8 Å². The van der Waals surface area contributed by atoms with Crippen molar-refractivity contribution < 1.29 is 0 Å². The number of rotatable bonds is 2. The molecule has 1 aliphatic rings. The molecule has 1 atom stereocenters. The second-order valence-corrected chi connectivity index (χ2v) is 4.19. The summed E-state index contributed by atoms with van der Waals surface area (Å²) >= 11 is 0. The van der Waals surface area contributed by atoms with E-state index in [2.05, 4.69) is 47.5 Å². The van der Waals surface area contributed by atoms with Gasteiger partial charge in [-0.1, -0.05) is 25.1 Å². The molecular weight excluding hydrogens is 184 g/mol. The Balaban J connectivity index is 2.07. The Bertz CT molecular complexity index is 284. The number of nitrogens with zero attached hydrogens (tertiary/aromatic N) is 1. The highest BCUT2D eigenvalue weighted by atomic mass is 15.2. The first-order valence-electron chi connectivity index (χ1n) is 5.93. The maximum Gasteiger partial charge on any atom is 0.0366 e. The summed E-state index contributed by atoms with van der Waals surface area (Å²) in [5, 5.41) is 3.59. The van der Waals surface area contributed by atoms with Crippen LogP contribution < -0.4 is 10.2 Å². The van der Waals surface area contributed by atoms with Crippen LogP contribution in [0.25, 0.3) is 0 Å². The first-order chi connectivity index (χ1) is 7.40. The van der Waals surface area contributed by atoms with E-state index in [1.54, 1.807) is 0 Å². The number of para-hydroxylation sites is 1. The molecule has 0 radical (unpaired) electrons. The van der Waals surface area contributed by atoms with Crippen LogP contribution in [0.2, 0.25) is 0 Å². The Hall–Kier alpha value is -1.02. The van der Waals surface area contributed by atoms with Gasteiger partial charge in [0, 0.05) is 24.8 Å². The van der Waals surface area contributed by atoms with Crippen molar-refractivity contribution in [1.82, 2.24) is 5.32 Å². The molecule has 1 aromatic rings. The molecule has 1 saturated heterocycles. The summed E-state index contributed by atoms with van der Waals surface area (Å²) in [4.78, 5) is 2.49. The van der Waals surface area contributed by atoms with Gasteiger partial charge in [0.1, 0.15) is 0 Å². The quantitative estimate of drug-likeness (QED) is 0.795. The van der Waals surface area contributed by atoms with Gasteiger partial charge >= 0.3 is 0 Å². The van der Waals surface area contributed by atoms with E-state index in [0.29, 0.717) is 6.04 Å². The molecule has 1 aromatic carbocycles. The Labute approximate surface area is 92.3 Å². The van der Waals surface area contributed by atoms with Gasteiger partial charge in [-0.05, 0) is 31.5 Å². The zero-order chi connectivity index (χ0) is 10.5. The fourth-order valence-corrected chi connectivity index (χ4v) is 2.14. The van der Waals surface area contributed by atoms with Crippen LogP contribution in [-0.4, -0.2) is 25.7 Å². The minimum absolute atomic E-state index is 0.646. The first kappa shape index (κ1) is 10.5. The number of nitrogens with one attached hydrogen (secondary N) is 1. The van der Waals surface area contributed by atoms with Gasteiger partial charge in [0.25, 0.3) is 0 Å². The lowest BCUT2D eigenvalue weighted by Gasteiger charge is -2.25. The largest absolute Gasteiger partial charge is 0.370 e. The molecule has 0 saturated carbocycles. The van der Waals surface area contributed by atoms with Crippen LogP contribution in [-0.2, 0) is 0 Å². The normalized spacial score (nSPS) is 22.5. The van der Waals surface area contributed by atoms with E-state index in [4.69, 9.17) is 0 Å². The third-order valence-electron chi connectivity index (χ3n) is 3.09. The summed E-state index contributed by atoms with van der Waals surface area (Å²) in [6.07, 6.45) is 2.45. The molecule has 2 nitrogen and oxygen atoms in total. The molecule has 0 bridgehead atoms. The SMILES string of the molecule is CCC1CN(c2ccccc2)CCCN1. The first-order valence-corrected chi connectivity index (χ1v) is 5.93. The zero-order valence-electron chi connectivity index (χ0n) is 9.45. The maximum absolute atomic E-state index is 3.59. The third-order valence-corrected chi connectivity index (χ3v) is 3.09.